The molecule has 1 aromatic carbocycles. The zero-order chi connectivity index (χ0) is 16.6. The van der Waals surface area contributed by atoms with E-state index in [1.165, 1.54) is 24.3 Å². The monoisotopic (exact) mass is 350 g/mol. The lowest BCUT2D eigenvalue weighted by Crippen LogP contribution is -2.27. The van der Waals surface area contributed by atoms with E-state index in [0.29, 0.717) is 46.3 Å². The van der Waals surface area contributed by atoms with Crippen molar-refractivity contribution in [1.82, 2.24) is 4.98 Å². The number of hydrogen-bond donors (Lipinski definition) is 2. The minimum atomic E-state index is -0.620. The number of aryl methyl sites for hydroxylation is 1. The van der Waals surface area contributed by atoms with E-state index in [0.717, 1.165) is 0 Å². The van der Waals surface area contributed by atoms with Gasteiger partial charge in [0.25, 0.3) is 11.5 Å². The van der Waals surface area contributed by atoms with Crippen LogP contribution >= 0.6 is 23.2 Å². The number of aromatic amines is 1. The summed E-state index contributed by atoms with van der Waals surface area (Å²) in [5, 5.41) is 3.29. The number of fused-ring (bicyclic) bond motifs is 1. The maximum Gasteiger partial charge on any atom is 0.261 e. The van der Waals surface area contributed by atoms with E-state index in [9.17, 15) is 14.4 Å². The van der Waals surface area contributed by atoms with Gasteiger partial charge in [0.15, 0.2) is 5.78 Å². The number of Topliss-reactive ketones (excluding diaryl/α,β-unsaturated/α-hetero) is 1. The summed E-state index contributed by atoms with van der Waals surface area (Å²) in [5.74, 6) is -0.687. The van der Waals surface area contributed by atoms with Crippen molar-refractivity contribution in [3.63, 3.8) is 0 Å². The van der Waals surface area contributed by atoms with Gasteiger partial charge < -0.3 is 10.3 Å². The van der Waals surface area contributed by atoms with Gasteiger partial charge in [-0.25, -0.2) is 0 Å². The Labute approximate surface area is 141 Å². The van der Waals surface area contributed by atoms with Gasteiger partial charge in [0, 0.05) is 33.4 Å². The van der Waals surface area contributed by atoms with Gasteiger partial charge in [0.05, 0.1) is 0 Å². The Morgan fingerprint density at radius 1 is 1.04 bits per heavy atom. The third-order valence-corrected chi connectivity index (χ3v) is 4.06. The highest BCUT2D eigenvalue weighted by Crippen LogP contribution is 2.23. The molecule has 0 saturated carbocycles. The van der Waals surface area contributed by atoms with Crippen LogP contribution in [0.1, 0.15) is 39.3 Å². The second-order valence-electron chi connectivity index (χ2n) is 5.29. The van der Waals surface area contributed by atoms with Crippen LogP contribution in [-0.4, -0.2) is 16.7 Å². The third kappa shape index (κ3) is 3.30. The summed E-state index contributed by atoms with van der Waals surface area (Å²) < 4.78 is 0. The van der Waals surface area contributed by atoms with Crippen molar-refractivity contribution in [1.29, 1.82) is 0 Å². The number of pyridine rings is 1. The highest BCUT2D eigenvalue weighted by molar-refractivity contribution is 6.35. The number of carbonyl (C=O) groups is 2. The van der Waals surface area contributed by atoms with Crippen molar-refractivity contribution in [3.05, 3.63) is 61.5 Å². The average Bonchev–Trinajstić information content (AvgIpc) is 2.45. The summed E-state index contributed by atoms with van der Waals surface area (Å²) in [5.41, 5.74) is 0.730. The Kier molecular flexibility index (Phi) is 4.24. The summed E-state index contributed by atoms with van der Waals surface area (Å²) in [4.78, 5) is 39.0. The standard InChI is InChI=1S/C16H12Cl2N2O3/c17-8-4-9(18)6-10(5-8)19-15(22)12-7-11-13(20-16(12)23)2-1-3-14(11)21/h4-7H,1-3H2,(H,19,22)(H,20,23). The summed E-state index contributed by atoms with van der Waals surface area (Å²) in [6.07, 6.45) is 1.75. The normalized spacial score (nSPS) is 13.6. The molecule has 1 aliphatic rings. The molecule has 1 aromatic heterocycles. The molecule has 0 spiro atoms. The zero-order valence-electron chi connectivity index (χ0n) is 11.9. The molecule has 3 rings (SSSR count). The average molecular weight is 351 g/mol. The molecule has 1 aliphatic carbocycles. The van der Waals surface area contributed by atoms with Crippen molar-refractivity contribution in [3.8, 4) is 0 Å². The molecule has 0 bridgehead atoms. The Balaban J connectivity index is 1.95. The summed E-state index contributed by atoms with van der Waals surface area (Å²) in [6, 6.07) is 5.92. The summed E-state index contributed by atoms with van der Waals surface area (Å²) >= 11 is 11.8. The zero-order valence-corrected chi connectivity index (χ0v) is 13.4. The van der Waals surface area contributed by atoms with E-state index in [2.05, 4.69) is 10.3 Å². The first-order valence-corrected chi connectivity index (χ1v) is 7.76. The SMILES string of the molecule is O=C1CCCc2[nH]c(=O)c(C(=O)Nc3cc(Cl)cc(Cl)c3)cc21. The largest absolute Gasteiger partial charge is 0.325 e. The fraction of sp³-hybridized carbons (Fsp3) is 0.188. The van der Waals surface area contributed by atoms with Crippen LogP contribution in [0.5, 0.6) is 0 Å². The highest BCUT2D eigenvalue weighted by atomic mass is 35.5. The first kappa shape index (κ1) is 15.8. The molecular weight excluding hydrogens is 339 g/mol. The molecule has 1 heterocycles. The fourth-order valence-corrected chi connectivity index (χ4v) is 3.09. The van der Waals surface area contributed by atoms with Gasteiger partial charge in [-0.3, -0.25) is 14.4 Å². The van der Waals surface area contributed by atoms with Gasteiger partial charge >= 0.3 is 0 Å². The smallest absolute Gasteiger partial charge is 0.261 e. The van der Waals surface area contributed by atoms with Crippen LogP contribution in [-0.2, 0) is 6.42 Å². The molecule has 2 aromatic rings. The number of amides is 1. The second kappa shape index (κ2) is 6.18. The van der Waals surface area contributed by atoms with Gasteiger partial charge in [0.2, 0.25) is 0 Å². The van der Waals surface area contributed by atoms with Crippen molar-refractivity contribution in [2.75, 3.05) is 5.32 Å². The molecule has 0 radical (unpaired) electrons. The van der Waals surface area contributed by atoms with Gasteiger partial charge in [0.1, 0.15) is 5.56 Å². The van der Waals surface area contributed by atoms with Crippen LogP contribution < -0.4 is 10.9 Å². The Hall–Kier alpha value is -2.11. The van der Waals surface area contributed by atoms with Crippen molar-refractivity contribution in [2.24, 2.45) is 0 Å². The van der Waals surface area contributed by atoms with Crippen LogP contribution in [0.3, 0.4) is 0 Å². The fourth-order valence-electron chi connectivity index (χ4n) is 2.57. The van der Waals surface area contributed by atoms with Crippen molar-refractivity contribution < 1.29 is 9.59 Å². The quantitative estimate of drug-likeness (QED) is 0.870. The Bertz CT molecular complexity index is 854. The number of benzene rings is 1. The Morgan fingerprint density at radius 2 is 1.74 bits per heavy atom. The minimum absolute atomic E-state index is 0.0673. The summed E-state index contributed by atoms with van der Waals surface area (Å²) in [6.45, 7) is 0. The van der Waals surface area contributed by atoms with E-state index < -0.39 is 11.5 Å². The van der Waals surface area contributed by atoms with Gasteiger partial charge in [-0.15, -0.1) is 0 Å². The number of aromatic nitrogens is 1. The number of hydrogen-bond acceptors (Lipinski definition) is 3. The van der Waals surface area contributed by atoms with Crippen LogP contribution in [0.4, 0.5) is 5.69 Å². The maximum atomic E-state index is 12.3. The van der Waals surface area contributed by atoms with E-state index in [4.69, 9.17) is 23.2 Å². The van der Waals surface area contributed by atoms with Crippen molar-refractivity contribution in [2.45, 2.75) is 19.3 Å². The molecule has 118 valence electrons. The van der Waals surface area contributed by atoms with E-state index in [1.54, 1.807) is 0 Å². The number of nitrogens with one attached hydrogen (secondary N) is 2. The topological polar surface area (TPSA) is 79.0 Å². The predicted octanol–water partition coefficient (Wildman–Crippen LogP) is 3.45. The van der Waals surface area contributed by atoms with E-state index in [-0.39, 0.29) is 11.3 Å². The van der Waals surface area contributed by atoms with Gasteiger partial charge in [-0.05, 0) is 37.1 Å². The van der Waals surface area contributed by atoms with Crippen LogP contribution in [0.25, 0.3) is 0 Å². The number of carbonyl (C=O) groups excluding carboxylic acids is 2. The molecule has 0 aliphatic heterocycles. The number of halogens is 2. The first-order chi connectivity index (χ1) is 10.9. The number of anilines is 1. The number of rotatable bonds is 2. The highest BCUT2D eigenvalue weighted by Gasteiger charge is 2.22. The van der Waals surface area contributed by atoms with Crippen LogP contribution in [0.15, 0.2) is 29.1 Å². The van der Waals surface area contributed by atoms with E-state index in [1.807, 2.05) is 0 Å². The number of H-pyrrole nitrogens is 1. The molecule has 0 saturated heterocycles. The first-order valence-electron chi connectivity index (χ1n) is 7.01. The van der Waals surface area contributed by atoms with Crippen LogP contribution in [0, 0.1) is 0 Å². The number of ketones is 1. The lowest BCUT2D eigenvalue weighted by molar-refractivity contribution is 0.0971. The van der Waals surface area contributed by atoms with Crippen molar-refractivity contribution >= 4 is 40.6 Å². The molecule has 0 unspecified atom stereocenters. The molecule has 5 nitrogen and oxygen atoms in total. The Morgan fingerprint density at radius 3 is 2.43 bits per heavy atom. The molecule has 0 fully saturated rings. The minimum Gasteiger partial charge on any atom is -0.325 e. The molecule has 23 heavy (non-hydrogen) atoms. The molecular formula is C16H12Cl2N2O3. The third-order valence-electron chi connectivity index (χ3n) is 3.62. The van der Waals surface area contributed by atoms with E-state index >= 15 is 0 Å². The second-order valence-corrected chi connectivity index (χ2v) is 6.17. The van der Waals surface area contributed by atoms with Gasteiger partial charge in [-0.1, -0.05) is 23.2 Å². The molecule has 2 N–H and O–H groups in total. The summed E-state index contributed by atoms with van der Waals surface area (Å²) in [7, 11) is 0. The lowest BCUT2D eigenvalue weighted by Gasteiger charge is -2.15. The molecule has 0 atom stereocenters. The van der Waals surface area contributed by atoms with Gasteiger partial charge in [-0.2, -0.15) is 0 Å². The maximum absolute atomic E-state index is 12.3. The van der Waals surface area contributed by atoms with Crippen LogP contribution in [0.2, 0.25) is 10.0 Å². The lowest BCUT2D eigenvalue weighted by atomic mass is 9.93. The molecule has 7 heteroatoms. The molecule has 1 amide bonds. The predicted molar refractivity (Wildman–Crippen MR) is 88.7 cm³/mol.